The van der Waals surface area contributed by atoms with Gasteiger partial charge in [-0.25, -0.2) is 4.99 Å². The minimum Gasteiger partial charge on any atom is -0.468 e. The summed E-state index contributed by atoms with van der Waals surface area (Å²) in [6.45, 7) is 3.24. The Labute approximate surface area is 192 Å². The van der Waals surface area contributed by atoms with E-state index in [-0.39, 0.29) is 36.6 Å². The molecule has 172 valence electrons. The summed E-state index contributed by atoms with van der Waals surface area (Å²) in [6.07, 6.45) is 0.686. The highest BCUT2D eigenvalue weighted by atomic mass is 127. The van der Waals surface area contributed by atoms with E-state index in [2.05, 4.69) is 20.5 Å². The van der Waals surface area contributed by atoms with Gasteiger partial charge in [-0.1, -0.05) is 6.42 Å². The predicted molar refractivity (Wildman–Crippen MR) is 120 cm³/mol. The first kappa shape index (κ1) is 26.5. The number of nitrogens with one attached hydrogen (secondary N) is 2. The SMILES string of the molecule is CCNC(=NCC(=O)N(C)CC(F)(F)F)NCC(c1ccco1)N1CCCCC1.I. The van der Waals surface area contributed by atoms with Crippen molar-refractivity contribution in [3.05, 3.63) is 24.2 Å². The minimum absolute atomic E-state index is 0. The summed E-state index contributed by atoms with van der Waals surface area (Å²) >= 11 is 0. The van der Waals surface area contributed by atoms with Gasteiger partial charge in [0, 0.05) is 20.1 Å². The Balaban J connectivity index is 0.00000450. The highest BCUT2D eigenvalue weighted by molar-refractivity contribution is 14.0. The number of amides is 1. The first-order valence-electron chi connectivity index (χ1n) is 9.90. The van der Waals surface area contributed by atoms with Gasteiger partial charge in [0.2, 0.25) is 5.91 Å². The van der Waals surface area contributed by atoms with Gasteiger partial charge < -0.3 is 20.0 Å². The van der Waals surface area contributed by atoms with Crippen LogP contribution in [0.2, 0.25) is 0 Å². The van der Waals surface area contributed by atoms with E-state index in [1.807, 2.05) is 19.1 Å². The molecule has 2 rings (SSSR count). The predicted octanol–water partition coefficient (Wildman–Crippen LogP) is 3.00. The molecule has 0 aromatic carbocycles. The lowest BCUT2D eigenvalue weighted by Gasteiger charge is -2.33. The van der Waals surface area contributed by atoms with Crippen LogP contribution in [0, 0.1) is 0 Å². The fourth-order valence-electron chi connectivity index (χ4n) is 3.28. The molecule has 1 aliphatic rings. The number of halogens is 4. The first-order chi connectivity index (χ1) is 13.8. The van der Waals surface area contributed by atoms with Crippen molar-refractivity contribution in [3.63, 3.8) is 0 Å². The quantitative estimate of drug-likeness (QED) is 0.299. The van der Waals surface area contributed by atoms with E-state index in [9.17, 15) is 18.0 Å². The van der Waals surface area contributed by atoms with Gasteiger partial charge >= 0.3 is 6.18 Å². The van der Waals surface area contributed by atoms with Gasteiger partial charge in [0.05, 0.1) is 12.3 Å². The molecule has 0 spiro atoms. The van der Waals surface area contributed by atoms with E-state index in [0.29, 0.717) is 23.9 Å². The van der Waals surface area contributed by atoms with Crippen LogP contribution in [-0.4, -0.2) is 74.2 Å². The largest absolute Gasteiger partial charge is 0.468 e. The van der Waals surface area contributed by atoms with Crippen LogP contribution in [0.4, 0.5) is 13.2 Å². The number of hydrogen-bond donors (Lipinski definition) is 2. The Hall–Kier alpha value is -1.50. The Morgan fingerprint density at radius 1 is 1.30 bits per heavy atom. The third-order valence-corrected chi connectivity index (χ3v) is 4.72. The maximum absolute atomic E-state index is 12.4. The van der Waals surface area contributed by atoms with Crippen LogP contribution in [0.5, 0.6) is 0 Å². The summed E-state index contributed by atoms with van der Waals surface area (Å²) in [6, 6.07) is 3.79. The molecule has 0 radical (unpaired) electrons. The molecule has 2 heterocycles. The van der Waals surface area contributed by atoms with Crippen molar-refractivity contribution in [2.75, 3.05) is 46.3 Å². The molecular weight excluding hydrogens is 514 g/mol. The highest BCUT2D eigenvalue weighted by Crippen LogP contribution is 2.24. The maximum atomic E-state index is 12.4. The summed E-state index contributed by atoms with van der Waals surface area (Å²) in [5.74, 6) is 0.532. The molecule has 7 nitrogen and oxygen atoms in total. The van der Waals surface area contributed by atoms with Crippen LogP contribution < -0.4 is 10.6 Å². The minimum atomic E-state index is -4.43. The van der Waals surface area contributed by atoms with Crippen LogP contribution in [0.15, 0.2) is 27.8 Å². The summed E-state index contributed by atoms with van der Waals surface area (Å²) in [7, 11) is 1.12. The van der Waals surface area contributed by atoms with E-state index in [4.69, 9.17) is 4.42 Å². The number of piperidine rings is 1. The lowest BCUT2D eigenvalue weighted by molar-refractivity contribution is -0.157. The molecule has 1 aromatic heterocycles. The first-order valence-corrected chi connectivity index (χ1v) is 9.90. The molecular formula is C19H31F3IN5O2. The van der Waals surface area contributed by atoms with Crippen LogP contribution in [0.3, 0.4) is 0 Å². The van der Waals surface area contributed by atoms with Crippen molar-refractivity contribution in [1.82, 2.24) is 20.4 Å². The van der Waals surface area contributed by atoms with E-state index in [1.54, 1.807) is 6.26 Å². The number of hydrogen-bond acceptors (Lipinski definition) is 4. The number of alkyl halides is 3. The fourth-order valence-corrected chi connectivity index (χ4v) is 3.28. The number of likely N-dealkylation sites (tertiary alicyclic amines) is 1. The second kappa shape index (κ2) is 13.0. The molecule has 1 aromatic rings. The van der Waals surface area contributed by atoms with Crippen molar-refractivity contribution in [2.24, 2.45) is 4.99 Å². The maximum Gasteiger partial charge on any atom is 0.406 e. The van der Waals surface area contributed by atoms with Crippen molar-refractivity contribution < 1.29 is 22.4 Å². The van der Waals surface area contributed by atoms with E-state index in [1.165, 1.54) is 6.42 Å². The van der Waals surface area contributed by atoms with Gasteiger partial charge in [0.1, 0.15) is 18.8 Å². The lowest BCUT2D eigenvalue weighted by Crippen LogP contribution is -2.45. The van der Waals surface area contributed by atoms with Gasteiger partial charge in [0.15, 0.2) is 5.96 Å². The van der Waals surface area contributed by atoms with Crippen LogP contribution in [-0.2, 0) is 4.79 Å². The zero-order valence-corrected chi connectivity index (χ0v) is 19.7. The van der Waals surface area contributed by atoms with Gasteiger partial charge in [-0.05, 0) is 45.0 Å². The van der Waals surface area contributed by atoms with E-state index in [0.717, 1.165) is 38.7 Å². The molecule has 1 amide bonds. The molecule has 1 aliphatic heterocycles. The third kappa shape index (κ3) is 9.11. The second-order valence-electron chi connectivity index (χ2n) is 7.07. The molecule has 1 atom stereocenters. The summed E-state index contributed by atoms with van der Waals surface area (Å²) in [5.41, 5.74) is 0. The molecule has 0 bridgehead atoms. The van der Waals surface area contributed by atoms with Gasteiger partial charge in [-0.3, -0.25) is 9.69 Å². The number of carbonyl (C=O) groups is 1. The molecule has 1 saturated heterocycles. The van der Waals surface area contributed by atoms with Gasteiger partial charge in [-0.15, -0.1) is 24.0 Å². The average Bonchev–Trinajstić information content (AvgIpc) is 3.20. The number of aliphatic imine (C=N–C) groups is 1. The van der Waals surface area contributed by atoms with Crippen molar-refractivity contribution in [2.45, 2.75) is 38.4 Å². The van der Waals surface area contributed by atoms with Crippen LogP contribution in [0.25, 0.3) is 0 Å². The van der Waals surface area contributed by atoms with Gasteiger partial charge in [0.25, 0.3) is 0 Å². The number of likely N-dealkylation sites (N-methyl/N-ethyl adjacent to an activating group) is 1. The van der Waals surface area contributed by atoms with Crippen molar-refractivity contribution in [3.8, 4) is 0 Å². The zero-order chi connectivity index (χ0) is 21.3. The monoisotopic (exact) mass is 545 g/mol. The number of carbonyl (C=O) groups excluding carboxylic acids is 1. The molecule has 1 unspecified atom stereocenters. The summed E-state index contributed by atoms with van der Waals surface area (Å²) in [4.78, 5) is 19.1. The number of nitrogens with zero attached hydrogens (tertiary/aromatic N) is 3. The van der Waals surface area contributed by atoms with E-state index < -0.39 is 18.6 Å². The van der Waals surface area contributed by atoms with Crippen LogP contribution in [0.1, 0.15) is 38.0 Å². The Bertz CT molecular complexity index is 649. The molecule has 11 heteroatoms. The average molecular weight is 545 g/mol. The zero-order valence-electron chi connectivity index (χ0n) is 17.4. The molecule has 0 aliphatic carbocycles. The van der Waals surface area contributed by atoms with E-state index >= 15 is 0 Å². The molecule has 30 heavy (non-hydrogen) atoms. The van der Waals surface area contributed by atoms with Crippen LogP contribution >= 0.6 is 24.0 Å². The smallest absolute Gasteiger partial charge is 0.406 e. The third-order valence-electron chi connectivity index (χ3n) is 4.72. The Morgan fingerprint density at radius 3 is 2.57 bits per heavy atom. The number of guanidine groups is 1. The molecule has 2 N–H and O–H groups in total. The Morgan fingerprint density at radius 2 is 2.00 bits per heavy atom. The highest BCUT2D eigenvalue weighted by Gasteiger charge is 2.31. The second-order valence-corrected chi connectivity index (χ2v) is 7.07. The van der Waals surface area contributed by atoms with Crippen molar-refractivity contribution >= 4 is 35.8 Å². The topological polar surface area (TPSA) is 73.1 Å². The van der Waals surface area contributed by atoms with Gasteiger partial charge in [-0.2, -0.15) is 13.2 Å². The normalized spacial score (nSPS) is 16.5. The fraction of sp³-hybridized carbons (Fsp3) is 0.684. The molecule has 0 saturated carbocycles. The number of rotatable bonds is 8. The lowest BCUT2D eigenvalue weighted by atomic mass is 10.1. The standard InChI is InChI=1S/C19H30F3N5O2.HI/c1-3-23-18(25-13-17(28)26(2)14-19(20,21)22)24-12-15(16-8-7-11-29-16)27-9-5-4-6-10-27;/h7-8,11,15H,3-6,9-10,12-14H2,1-2H3,(H2,23,24,25);1H. The van der Waals surface area contributed by atoms with Crippen molar-refractivity contribution in [1.29, 1.82) is 0 Å². The summed E-state index contributed by atoms with van der Waals surface area (Å²) < 4.78 is 42.9. The molecule has 1 fully saturated rings. The summed E-state index contributed by atoms with van der Waals surface area (Å²) in [5, 5.41) is 6.22. The Kier molecular flexibility index (Phi) is 11.5. The number of furan rings is 1.